The second-order valence-corrected chi connectivity index (χ2v) is 3.85. The smallest absolute Gasteiger partial charge is 0.194 e. The lowest BCUT2D eigenvalue weighted by Crippen LogP contribution is -2.07. The van der Waals surface area contributed by atoms with Gasteiger partial charge in [-0.15, -0.1) is 0 Å². The molecule has 0 aliphatic carbocycles. The number of aliphatic hydroxyl groups excluding tert-OH is 1. The molecule has 94 valence electrons. The van der Waals surface area contributed by atoms with Crippen LogP contribution in [0.25, 0.3) is 0 Å². The lowest BCUT2D eigenvalue weighted by Gasteiger charge is -2.14. The number of hydrogen-bond donors (Lipinski definition) is 1. The third kappa shape index (κ3) is 2.09. The Morgan fingerprint density at radius 1 is 1.06 bits per heavy atom. The monoisotopic (exact) mass is 253 g/mol. The molecule has 1 aromatic carbocycles. The molecule has 0 aliphatic heterocycles. The van der Waals surface area contributed by atoms with E-state index < -0.39 is 23.6 Å². The van der Waals surface area contributed by atoms with Gasteiger partial charge in [0.25, 0.3) is 0 Å². The van der Waals surface area contributed by atoms with Gasteiger partial charge in [0.15, 0.2) is 17.5 Å². The van der Waals surface area contributed by atoms with Crippen LogP contribution in [0.15, 0.2) is 30.5 Å². The van der Waals surface area contributed by atoms with Crippen molar-refractivity contribution in [1.82, 2.24) is 4.98 Å². The number of hydrogen-bond acceptors (Lipinski definition) is 2. The van der Waals surface area contributed by atoms with Gasteiger partial charge in [-0.05, 0) is 19.1 Å². The highest BCUT2D eigenvalue weighted by molar-refractivity contribution is 5.33. The van der Waals surface area contributed by atoms with E-state index in [1.165, 1.54) is 6.20 Å². The summed E-state index contributed by atoms with van der Waals surface area (Å²) in [6.45, 7) is 1.64. The number of pyridine rings is 1. The summed E-state index contributed by atoms with van der Waals surface area (Å²) in [5.41, 5.74) is 0.529. The maximum Gasteiger partial charge on any atom is 0.194 e. The standard InChI is InChI=1S/C13H10F3NO/c1-7-8(3-2-6-17-7)13(18)9-4-5-10(14)12(16)11(9)15/h2-6,13,18H,1H3. The summed E-state index contributed by atoms with van der Waals surface area (Å²) in [4.78, 5) is 3.95. The summed E-state index contributed by atoms with van der Waals surface area (Å²) >= 11 is 0. The highest BCUT2D eigenvalue weighted by atomic mass is 19.2. The molecule has 0 saturated carbocycles. The van der Waals surface area contributed by atoms with E-state index in [-0.39, 0.29) is 5.56 Å². The number of aromatic nitrogens is 1. The zero-order valence-electron chi connectivity index (χ0n) is 9.49. The summed E-state index contributed by atoms with van der Waals surface area (Å²) < 4.78 is 39.4. The second-order valence-electron chi connectivity index (χ2n) is 3.85. The Morgan fingerprint density at radius 2 is 1.78 bits per heavy atom. The predicted molar refractivity (Wildman–Crippen MR) is 59.4 cm³/mol. The van der Waals surface area contributed by atoms with Crippen molar-refractivity contribution in [3.05, 3.63) is 64.7 Å². The molecule has 1 heterocycles. The maximum absolute atomic E-state index is 13.5. The van der Waals surface area contributed by atoms with Gasteiger partial charge in [-0.25, -0.2) is 13.2 Å². The largest absolute Gasteiger partial charge is 0.383 e. The molecule has 1 aromatic heterocycles. The van der Waals surface area contributed by atoms with Gasteiger partial charge in [0.1, 0.15) is 6.10 Å². The zero-order chi connectivity index (χ0) is 13.3. The van der Waals surface area contributed by atoms with E-state index in [2.05, 4.69) is 4.98 Å². The van der Waals surface area contributed by atoms with E-state index in [1.54, 1.807) is 19.1 Å². The number of aryl methyl sites for hydroxylation is 1. The first-order chi connectivity index (χ1) is 8.52. The van der Waals surface area contributed by atoms with Crippen molar-refractivity contribution in [3.8, 4) is 0 Å². The minimum absolute atomic E-state index is 0.315. The Balaban J connectivity index is 2.50. The number of halogens is 3. The number of rotatable bonds is 2. The topological polar surface area (TPSA) is 33.1 Å². The molecule has 1 atom stereocenters. The van der Waals surface area contributed by atoms with Crippen LogP contribution in [-0.4, -0.2) is 10.1 Å². The molecule has 0 bridgehead atoms. The van der Waals surface area contributed by atoms with Gasteiger partial charge in [0, 0.05) is 23.0 Å². The second kappa shape index (κ2) is 4.78. The number of aliphatic hydroxyl groups is 1. The van der Waals surface area contributed by atoms with Crippen molar-refractivity contribution in [3.63, 3.8) is 0 Å². The molecular formula is C13H10F3NO. The number of nitrogens with zero attached hydrogens (tertiary/aromatic N) is 1. The average Bonchev–Trinajstić information content (AvgIpc) is 2.36. The Morgan fingerprint density at radius 3 is 2.44 bits per heavy atom. The normalized spacial score (nSPS) is 12.5. The summed E-state index contributed by atoms with van der Waals surface area (Å²) in [5.74, 6) is -4.26. The fraction of sp³-hybridized carbons (Fsp3) is 0.154. The average molecular weight is 253 g/mol. The number of benzene rings is 1. The Kier molecular flexibility index (Phi) is 3.34. The quantitative estimate of drug-likeness (QED) is 0.835. The third-order valence-corrected chi connectivity index (χ3v) is 2.70. The van der Waals surface area contributed by atoms with Crippen molar-refractivity contribution in [2.75, 3.05) is 0 Å². The molecule has 2 aromatic rings. The van der Waals surface area contributed by atoms with Gasteiger partial charge < -0.3 is 5.11 Å². The van der Waals surface area contributed by atoms with Crippen molar-refractivity contribution in [2.45, 2.75) is 13.0 Å². The van der Waals surface area contributed by atoms with Crippen LogP contribution in [0.3, 0.4) is 0 Å². The van der Waals surface area contributed by atoms with Crippen LogP contribution >= 0.6 is 0 Å². The molecule has 0 aliphatic rings. The predicted octanol–water partition coefficient (Wildman–Crippen LogP) is 2.89. The Labute approximate surface area is 102 Å². The summed E-state index contributed by atoms with van der Waals surface area (Å²) in [7, 11) is 0. The molecule has 0 amide bonds. The van der Waals surface area contributed by atoms with E-state index >= 15 is 0 Å². The first kappa shape index (κ1) is 12.6. The minimum atomic E-state index is -1.59. The van der Waals surface area contributed by atoms with Gasteiger partial charge in [-0.1, -0.05) is 12.1 Å². The van der Waals surface area contributed by atoms with Gasteiger partial charge >= 0.3 is 0 Å². The molecule has 0 radical (unpaired) electrons. The van der Waals surface area contributed by atoms with E-state index in [9.17, 15) is 18.3 Å². The summed E-state index contributed by atoms with van der Waals surface area (Å²) in [6.07, 6.45) is 0.140. The fourth-order valence-electron chi connectivity index (χ4n) is 1.71. The van der Waals surface area contributed by atoms with Crippen LogP contribution < -0.4 is 0 Å². The molecule has 5 heteroatoms. The van der Waals surface area contributed by atoms with E-state index in [4.69, 9.17) is 0 Å². The summed E-state index contributed by atoms with van der Waals surface area (Å²) in [6, 6.07) is 4.92. The van der Waals surface area contributed by atoms with Crippen LogP contribution in [0, 0.1) is 24.4 Å². The maximum atomic E-state index is 13.5. The highest BCUT2D eigenvalue weighted by Crippen LogP contribution is 2.27. The van der Waals surface area contributed by atoms with Gasteiger partial charge in [-0.2, -0.15) is 0 Å². The molecule has 2 nitrogen and oxygen atoms in total. The van der Waals surface area contributed by atoms with Crippen LogP contribution in [0.5, 0.6) is 0 Å². The highest BCUT2D eigenvalue weighted by Gasteiger charge is 2.21. The van der Waals surface area contributed by atoms with Crippen molar-refractivity contribution in [1.29, 1.82) is 0 Å². The van der Waals surface area contributed by atoms with Crippen LogP contribution in [0.4, 0.5) is 13.2 Å². The van der Waals surface area contributed by atoms with Gasteiger partial charge in [-0.3, -0.25) is 4.98 Å². The van der Waals surface area contributed by atoms with Gasteiger partial charge in [0.2, 0.25) is 0 Å². The summed E-state index contributed by atoms with van der Waals surface area (Å²) in [5, 5.41) is 10.00. The molecular weight excluding hydrogens is 243 g/mol. The molecule has 0 saturated heterocycles. The first-order valence-electron chi connectivity index (χ1n) is 5.25. The fourth-order valence-corrected chi connectivity index (χ4v) is 1.71. The third-order valence-electron chi connectivity index (χ3n) is 2.70. The molecule has 1 unspecified atom stereocenters. The van der Waals surface area contributed by atoms with Gasteiger partial charge in [0.05, 0.1) is 0 Å². The lowest BCUT2D eigenvalue weighted by atomic mass is 10.00. The molecule has 1 N–H and O–H groups in total. The van der Waals surface area contributed by atoms with Crippen molar-refractivity contribution >= 4 is 0 Å². The van der Waals surface area contributed by atoms with E-state index in [1.807, 2.05) is 0 Å². The SMILES string of the molecule is Cc1ncccc1C(O)c1ccc(F)c(F)c1F. The minimum Gasteiger partial charge on any atom is -0.383 e. The van der Waals surface area contributed by atoms with Crippen molar-refractivity contribution in [2.24, 2.45) is 0 Å². The zero-order valence-corrected chi connectivity index (χ0v) is 9.49. The van der Waals surface area contributed by atoms with Crippen molar-refractivity contribution < 1.29 is 18.3 Å². The molecule has 2 rings (SSSR count). The molecule has 0 fully saturated rings. The van der Waals surface area contributed by atoms with Crippen LogP contribution in [0.1, 0.15) is 22.9 Å². The van der Waals surface area contributed by atoms with E-state index in [0.29, 0.717) is 11.3 Å². The molecule has 18 heavy (non-hydrogen) atoms. The Hall–Kier alpha value is -1.88. The van der Waals surface area contributed by atoms with Crippen LogP contribution in [0.2, 0.25) is 0 Å². The molecule has 0 spiro atoms. The lowest BCUT2D eigenvalue weighted by molar-refractivity contribution is 0.211. The Bertz CT molecular complexity index is 586. The van der Waals surface area contributed by atoms with Crippen LogP contribution in [-0.2, 0) is 0 Å². The van der Waals surface area contributed by atoms with E-state index in [0.717, 1.165) is 12.1 Å². The first-order valence-corrected chi connectivity index (χ1v) is 5.25.